The van der Waals surface area contributed by atoms with Crippen LogP contribution in [0, 0.1) is 6.92 Å². The molecule has 80 valence electrons. The third-order valence-corrected chi connectivity index (χ3v) is 2.03. The van der Waals surface area contributed by atoms with Crippen LogP contribution in [0.15, 0.2) is 30.6 Å². The van der Waals surface area contributed by atoms with E-state index in [-0.39, 0.29) is 5.82 Å². The highest BCUT2D eigenvalue weighted by molar-refractivity contribution is 5.89. The highest BCUT2D eigenvalue weighted by atomic mass is 16.1. The van der Waals surface area contributed by atoms with Crippen molar-refractivity contribution in [2.45, 2.75) is 6.92 Å². The van der Waals surface area contributed by atoms with E-state index in [4.69, 9.17) is 5.73 Å². The number of pyridine rings is 1. The van der Waals surface area contributed by atoms with Gasteiger partial charge in [0.05, 0.1) is 5.69 Å². The first-order chi connectivity index (χ1) is 7.66. The first-order valence-corrected chi connectivity index (χ1v) is 4.72. The number of nitrogens with zero attached hydrogens (tertiary/aromatic N) is 3. The summed E-state index contributed by atoms with van der Waals surface area (Å²) in [5, 5.41) is 0. The number of aromatic nitrogens is 3. The number of aryl methyl sites for hydroxylation is 1. The van der Waals surface area contributed by atoms with Gasteiger partial charge in [-0.1, -0.05) is 0 Å². The lowest BCUT2D eigenvalue weighted by atomic mass is 10.2. The second-order valence-corrected chi connectivity index (χ2v) is 3.32. The highest BCUT2D eigenvalue weighted by Gasteiger charge is 2.08. The normalized spacial score (nSPS) is 10.1. The number of nitrogens with two attached hydrogens (primary N) is 1. The number of hydrogen-bond acceptors (Lipinski definition) is 4. The maximum atomic E-state index is 11.0. The molecule has 0 aromatic carbocycles. The van der Waals surface area contributed by atoms with Gasteiger partial charge in [0, 0.05) is 23.7 Å². The fraction of sp³-hybridized carbons (Fsp3) is 0.0909. The van der Waals surface area contributed by atoms with Gasteiger partial charge in [-0.2, -0.15) is 0 Å². The van der Waals surface area contributed by atoms with E-state index in [2.05, 4.69) is 15.0 Å². The van der Waals surface area contributed by atoms with Crippen LogP contribution in [0.2, 0.25) is 0 Å². The minimum absolute atomic E-state index is 0.0267. The largest absolute Gasteiger partial charge is 0.363 e. The van der Waals surface area contributed by atoms with Crippen molar-refractivity contribution in [1.82, 2.24) is 15.0 Å². The van der Waals surface area contributed by atoms with Gasteiger partial charge >= 0.3 is 0 Å². The average Bonchev–Trinajstić information content (AvgIpc) is 2.29. The standard InChI is InChI=1S/C11H10N4O/c1-7-5-9(8-3-2-4-13-6-8)15-11(14-7)10(12)16/h2-6H,1H3,(H2,12,16). The molecule has 16 heavy (non-hydrogen) atoms. The van der Waals surface area contributed by atoms with Gasteiger partial charge in [-0.25, -0.2) is 9.97 Å². The predicted molar refractivity (Wildman–Crippen MR) is 58.5 cm³/mol. The quantitative estimate of drug-likeness (QED) is 0.806. The molecular formula is C11H10N4O. The van der Waals surface area contributed by atoms with Crippen molar-refractivity contribution in [3.05, 3.63) is 42.1 Å². The molecule has 0 atom stereocenters. The van der Waals surface area contributed by atoms with E-state index in [0.717, 1.165) is 5.56 Å². The zero-order valence-electron chi connectivity index (χ0n) is 8.71. The fourth-order valence-electron chi connectivity index (χ4n) is 1.34. The molecule has 0 spiro atoms. The van der Waals surface area contributed by atoms with E-state index >= 15 is 0 Å². The Balaban J connectivity index is 2.54. The molecule has 5 nitrogen and oxygen atoms in total. The molecule has 1 amide bonds. The van der Waals surface area contributed by atoms with Gasteiger partial charge in [0.2, 0.25) is 5.82 Å². The molecule has 0 bridgehead atoms. The minimum atomic E-state index is -0.631. The maximum absolute atomic E-state index is 11.0. The molecule has 0 aliphatic heterocycles. The third-order valence-electron chi connectivity index (χ3n) is 2.03. The van der Waals surface area contributed by atoms with Crippen molar-refractivity contribution in [3.8, 4) is 11.3 Å². The smallest absolute Gasteiger partial charge is 0.286 e. The Labute approximate surface area is 92.4 Å². The zero-order chi connectivity index (χ0) is 11.5. The summed E-state index contributed by atoms with van der Waals surface area (Å²) < 4.78 is 0. The van der Waals surface area contributed by atoms with E-state index < -0.39 is 5.91 Å². The number of carbonyl (C=O) groups is 1. The van der Waals surface area contributed by atoms with Crippen LogP contribution in [0.5, 0.6) is 0 Å². The lowest BCUT2D eigenvalue weighted by Crippen LogP contribution is -2.16. The van der Waals surface area contributed by atoms with E-state index in [1.165, 1.54) is 0 Å². The molecule has 0 saturated carbocycles. The van der Waals surface area contributed by atoms with Crippen LogP contribution in [0.4, 0.5) is 0 Å². The molecule has 5 heteroatoms. The summed E-state index contributed by atoms with van der Waals surface area (Å²) in [6, 6.07) is 5.44. The molecule has 0 fully saturated rings. The zero-order valence-corrected chi connectivity index (χ0v) is 8.71. The van der Waals surface area contributed by atoms with Gasteiger partial charge in [-0.05, 0) is 25.1 Å². The van der Waals surface area contributed by atoms with Crippen molar-refractivity contribution in [3.63, 3.8) is 0 Å². The van der Waals surface area contributed by atoms with Crippen LogP contribution in [-0.4, -0.2) is 20.9 Å². The Morgan fingerprint density at radius 2 is 2.19 bits per heavy atom. The molecule has 2 aromatic heterocycles. The molecule has 2 heterocycles. The number of carbonyl (C=O) groups excluding carboxylic acids is 1. The van der Waals surface area contributed by atoms with Gasteiger partial charge in [0.15, 0.2) is 0 Å². The van der Waals surface area contributed by atoms with E-state index in [9.17, 15) is 4.79 Å². The van der Waals surface area contributed by atoms with Gasteiger partial charge in [-0.15, -0.1) is 0 Å². The second-order valence-electron chi connectivity index (χ2n) is 3.32. The number of rotatable bonds is 2. The number of hydrogen-bond donors (Lipinski definition) is 1. The molecule has 2 N–H and O–H groups in total. The van der Waals surface area contributed by atoms with Crippen molar-refractivity contribution < 1.29 is 4.79 Å². The Kier molecular flexibility index (Phi) is 2.59. The fourth-order valence-corrected chi connectivity index (χ4v) is 1.34. The maximum Gasteiger partial charge on any atom is 0.286 e. The van der Waals surface area contributed by atoms with Gasteiger partial charge in [0.25, 0.3) is 5.91 Å². The summed E-state index contributed by atoms with van der Waals surface area (Å²) in [5.41, 5.74) is 7.32. The molecular weight excluding hydrogens is 204 g/mol. The van der Waals surface area contributed by atoms with Crippen LogP contribution >= 0.6 is 0 Å². The highest BCUT2D eigenvalue weighted by Crippen LogP contribution is 2.15. The van der Waals surface area contributed by atoms with Gasteiger partial charge < -0.3 is 5.73 Å². The monoisotopic (exact) mass is 214 g/mol. The molecule has 0 radical (unpaired) electrons. The van der Waals surface area contributed by atoms with E-state index in [1.54, 1.807) is 31.5 Å². The van der Waals surface area contributed by atoms with Crippen molar-refractivity contribution >= 4 is 5.91 Å². The molecule has 0 saturated heterocycles. The summed E-state index contributed by atoms with van der Waals surface area (Å²) in [5.74, 6) is -0.604. The summed E-state index contributed by atoms with van der Waals surface area (Å²) in [7, 11) is 0. The Hall–Kier alpha value is -2.30. The van der Waals surface area contributed by atoms with Crippen molar-refractivity contribution in [2.24, 2.45) is 5.73 Å². The van der Waals surface area contributed by atoms with E-state index in [1.807, 2.05) is 6.07 Å². The number of amides is 1. The summed E-state index contributed by atoms with van der Waals surface area (Å²) in [4.78, 5) is 23.0. The van der Waals surface area contributed by atoms with Crippen LogP contribution in [0.25, 0.3) is 11.3 Å². The van der Waals surface area contributed by atoms with Crippen molar-refractivity contribution in [2.75, 3.05) is 0 Å². The summed E-state index contributed by atoms with van der Waals surface area (Å²) >= 11 is 0. The summed E-state index contributed by atoms with van der Waals surface area (Å²) in [6.07, 6.45) is 3.35. The Morgan fingerprint density at radius 1 is 1.38 bits per heavy atom. The van der Waals surface area contributed by atoms with Crippen LogP contribution < -0.4 is 5.73 Å². The molecule has 0 aliphatic carbocycles. The molecule has 2 aromatic rings. The first-order valence-electron chi connectivity index (χ1n) is 4.72. The third kappa shape index (κ3) is 2.03. The molecule has 0 aliphatic rings. The van der Waals surface area contributed by atoms with Crippen LogP contribution in [0.3, 0.4) is 0 Å². The summed E-state index contributed by atoms with van der Waals surface area (Å²) in [6.45, 7) is 1.79. The Morgan fingerprint density at radius 3 is 2.81 bits per heavy atom. The van der Waals surface area contributed by atoms with Gasteiger partial charge in [-0.3, -0.25) is 9.78 Å². The van der Waals surface area contributed by atoms with Crippen molar-refractivity contribution in [1.29, 1.82) is 0 Å². The van der Waals surface area contributed by atoms with Gasteiger partial charge in [0.1, 0.15) is 0 Å². The van der Waals surface area contributed by atoms with Crippen LogP contribution in [-0.2, 0) is 0 Å². The Bertz CT molecular complexity index is 525. The second kappa shape index (κ2) is 4.06. The predicted octanol–water partition coefficient (Wildman–Crippen LogP) is 0.946. The lowest BCUT2D eigenvalue weighted by molar-refractivity contribution is 0.0990. The average molecular weight is 214 g/mol. The SMILES string of the molecule is Cc1cc(-c2cccnc2)nc(C(N)=O)n1. The number of primary amides is 1. The van der Waals surface area contributed by atoms with Crippen LogP contribution in [0.1, 0.15) is 16.3 Å². The molecule has 2 rings (SSSR count). The molecule has 0 unspecified atom stereocenters. The topological polar surface area (TPSA) is 81.8 Å². The lowest BCUT2D eigenvalue weighted by Gasteiger charge is -2.03. The minimum Gasteiger partial charge on any atom is -0.363 e. The van der Waals surface area contributed by atoms with E-state index in [0.29, 0.717) is 11.4 Å². The first kappa shape index (κ1) is 10.2.